The number of aliphatic hydroxyl groups is 2. The van der Waals surface area contributed by atoms with Gasteiger partial charge in [-0.3, -0.25) is 44.0 Å². The summed E-state index contributed by atoms with van der Waals surface area (Å²) in [6.45, 7) is 3.38. The molecule has 0 spiro atoms. The largest absolute Gasteiger partial charge is 0.508 e. The van der Waals surface area contributed by atoms with Crippen molar-refractivity contribution in [2.24, 2.45) is 16.5 Å². The van der Waals surface area contributed by atoms with E-state index >= 15 is 0 Å². The molecule has 8 amide bonds. The number of urea groups is 1. The number of nitrogens with one attached hydrogen (secondary N) is 8. The second kappa shape index (κ2) is 32.7. The van der Waals surface area contributed by atoms with Gasteiger partial charge in [0.2, 0.25) is 35.4 Å². The Hall–Kier alpha value is -7.48. The van der Waals surface area contributed by atoms with E-state index in [4.69, 9.17) is 16.2 Å². The standard InChI is InChI=1S/C51H72F2N12O11/c1-2-43(69)59-22-23-61-51(75)64-50(55)60-18-5-9-42(48(73)62-29-39-40(52)26-37(68)27-41(39)53)63-49(74)47(65-30-33-7-3-4-8-34(33)31-65)32-10-12-38(13-11-32)76-24-6-19-56-46(72)28-36(67)25-35(66)16-20-57-44(70)14-15-45(71)58-21-17-54/h3-4,7-8,10-13,26-27,35-36,42,47,66-68H,2,5-6,9,14-25,28-31,54H2,1H3,(H,56,72)(H,57,70)(H,58,71)(H,59,69)(H,62,73)(H,63,74)(H4,55,60,61,64,75)/t35-,36-,42-,47+/m1/s1. The fourth-order valence-corrected chi connectivity index (χ4v) is 7.88. The van der Waals surface area contributed by atoms with Gasteiger partial charge in [-0.25, -0.2) is 13.6 Å². The minimum absolute atomic E-state index is 0.000314. The molecule has 4 rings (SSSR count). The number of aliphatic hydroxyl groups excluding tert-OH is 2. The van der Waals surface area contributed by atoms with Gasteiger partial charge in [-0.2, -0.15) is 0 Å². The van der Waals surface area contributed by atoms with E-state index in [9.17, 15) is 57.7 Å². The molecule has 15 N–H and O–H groups in total. The quantitative estimate of drug-likeness (QED) is 0.0226. The number of aliphatic imine (C=N–C) groups is 1. The maximum absolute atomic E-state index is 14.7. The van der Waals surface area contributed by atoms with Crippen LogP contribution in [0.1, 0.15) is 93.0 Å². The number of fused-ring (bicyclic) bond motifs is 1. The fourth-order valence-electron chi connectivity index (χ4n) is 7.88. The van der Waals surface area contributed by atoms with Crippen molar-refractivity contribution in [3.05, 3.63) is 94.6 Å². The molecule has 0 radical (unpaired) electrons. The highest BCUT2D eigenvalue weighted by Gasteiger charge is 2.34. The Bertz CT molecular complexity index is 2390. The number of phenols is 1. The molecule has 0 fully saturated rings. The van der Waals surface area contributed by atoms with Gasteiger partial charge in [0.05, 0.1) is 25.2 Å². The van der Waals surface area contributed by atoms with E-state index in [-0.39, 0.29) is 108 Å². The molecule has 416 valence electrons. The van der Waals surface area contributed by atoms with Crippen LogP contribution >= 0.6 is 0 Å². The number of phenolic OH excluding ortho intramolecular Hbond substituents is 1. The summed E-state index contributed by atoms with van der Waals surface area (Å²) in [4.78, 5) is 94.2. The maximum atomic E-state index is 14.7. The highest BCUT2D eigenvalue weighted by atomic mass is 19.1. The number of nitrogens with zero attached hydrogens (tertiary/aromatic N) is 2. The summed E-state index contributed by atoms with van der Waals surface area (Å²) in [6, 6.07) is 13.1. The van der Waals surface area contributed by atoms with Crippen molar-refractivity contribution in [2.75, 3.05) is 52.4 Å². The minimum Gasteiger partial charge on any atom is -0.508 e. The molecule has 0 aromatic heterocycles. The van der Waals surface area contributed by atoms with Crippen molar-refractivity contribution in [2.45, 2.75) is 109 Å². The predicted molar refractivity (Wildman–Crippen MR) is 276 cm³/mol. The van der Waals surface area contributed by atoms with E-state index in [2.05, 4.69) is 47.5 Å². The number of benzene rings is 3. The topological polar surface area (TPSA) is 353 Å². The average Bonchev–Trinajstić information content (AvgIpc) is 3.80. The SMILES string of the molecule is CCC(=O)NCCNC(=O)NC(N)=NCCC[C@@H](NC(=O)[C@H](c1ccc(OCCCNC(=O)C[C@H](O)C[C@H](O)CCNC(=O)CCC(=O)NCCN)cc1)N1Cc2ccccc2C1)C(=O)NCc1c(F)cc(O)cc1F. The summed E-state index contributed by atoms with van der Waals surface area (Å²) >= 11 is 0. The van der Waals surface area contributed by atoms with Crippen LogP contribution in [0.4, 0.5) is 13.6 Å². The van der Waals surface area contributed by atoms with Crippen LogP contribution < -0.4 is 58.7 Å². The minimum atomic E-state index is -1.25. The number of ether oxygens (including phenoxy) is 1. The van der Waals surface area contributed by atoms with Crippen molar-refractivity contribution in [1.82, 2.24) is 47.4 Å². The number of aromatic hydroxyl groups is 1. The van der Waals surface area contributed by atoms with Crippen LogP contribution in [0, 0.1) is 11.6 Å². The van der Waals surface area contributed by atoms with E-state index < -0.39 is 77.5 Å². The molecule has 25 heteroatoms. The number of nitrogens with two attached hydrogens (primary N) is 2. The number of hydrogen-bond donors (Lipinski definition) is 13. The highest BCUT2D eigenvalue weighted by molar-refractivity contribution is 5.95. The second-order valence-corrected chi connectivity index (χ2v) is 17.9. The summed E-state index contributed by atoms with van der Waals surface area (Å²) in [7, 11) is 0. The molecule has 0 unspecified atom stereocenters. The molecule has 0 saturated heterocycles. The van der Waals surface area contributed by atoms with Crippen molar-refractivity contribution < 1.29 is 62.4 Å². The molecule has 3 aromatic carbocycles. The molecular formula is C51H72F2N12O11. The Morgan fingerprint density at radius 2 is 1.36 bits per heavy atom. The maximum Gasteiger partial charge on any atom is 0.321 e. The molecule has 1 aliphatic rings. The molecule has 1 heterocycles. The lowest BCUT2D eigenvalue weighted by molar-refractivity contribution is -0.132. The molecular weight excluding hydrogens is 995 g/mol. The highest BCUT2D eigenvalue weighted by Crippen LogP contribution is 2.33. The summed E-state index contributed by atoms with van der Waals surface area (Å²) in [5.74, 6) is -5.15. The molecule has 3 aromatic rings. The molecule has 0 saturated carbocycles. The van der Waals surface area contributed by atoms with Gasteiger partial charge < -0.3 is 68.7 Å². The third-order valence-electron chi connectivity index (χ3n) is 11.8. The van der Waals surface area contributed by atoms with Gasteiger partial charge in [-0.05, 0) is 60.9 Å². The molecule has 4 atom stereocenters. The first kappa shape index (κ1) is 61.1. The van der Waals surface area contributed by atoms with E-state index in [1.54, 1.807) is 31.2 Å². The van der Waals surface area contributed by atoms with Gasteiger partial charge in [-0.1, -0.05) is 43.3 Å². The van der Waals surface area contributed by atoms with Gasteiger partial charge in [0.1, 0.15) is 35.2 Å². The number of hydrogen-bond acceptors (Lipinski definition) is 14. The summed E-state index contributed by atoms with van der Waals surface area (Å²) in [5, 5.41) is 51.0. The Kier molecular flexibility index (Phi) is 26.3. The number of carbonyl (C=O) groups excluding carboxylic acids is 7. The van der Waals surface area contributed by atoms with E-state index in [1.165, 1.54) is 0 Å². The first-order valence-electron chi connectivity index (χ1n) is 25.2. The summed E-state index contributed by atoms with van der Waals surface area (Å²) in [6.07, 6.45) is -1.49. The number of guanidine groups is 1. The van der Waals surface area contributed by atoms with Crippen LogP contribution in [0.3, 0.4) is 0 Å². The second-order valence-electron chi connectivity index (χ2n) is 17.9. The fraction of sp³-hybridized carbons (Fsp3) is 0.490. The van der Waals surface area contributed by atoms with Crippen molar-refractivity contribution in [1.29, 1.82) is 0 Å². The lowest BCUT2D eigenvalue weighted by Gasteiger charge is -2.29. The van der Waals surface area contributed by atoms with E-state index in [1.807, 2.05) is 29.2 Å². The van der Waals surface area contributed by atoms with Crippen LogP contribution in [0.2, 0.25) is 0 Å². The molecule has 23 nitrogen and oxygen atoms in total. The zero-order valence-electron chi connectivity index (χ0n) is 42.6. The molecule has 76 heavy (non-hydrogen) atoms. The zero-order valence-corrected chi connectivity index (χ0v) is 42.6. The third-order valence-corrected chi connectivity index (χ3v) is 11.8. The lowest BCUT2D eigenvalue weighted by atomic mass is 10.0. The molecule has 0 bridgehead atoms. The Morgan fingerprint density at radius 3 is 2.00 bits per heavy atom. The number of rotatable bonds is 32. The van der Waals surface area contributed by atoms with Crippen LogP contribution in [0.25, 0.3) is 0 Å². The smallest absolute Gasteiger partial charge is 0.321 e. The summed E-state index contributed by atoms with van der Waals surface area (Å²) in [5.41, 5.74) is 13.3. The summed E-state index contributed by atoms with van der Waals surface area (Å²) < 4.78 is 35.2. The van der Waals surface area contributed by atoms with Crippen molar-refractivity contribution in [3.8, 4) is 11.5 Å². The monoisotopic (exact) mass is 1070 g/mol. The molecule has 1 aliphatic heterocycles. The predicted octanol–water partition coefficient (Wildman–Crippen LogP) is 0.197. The van der Waals surface area contributed by atoms with Crippen LogP contribution in [-0.2, 0) is 48.4 Å². The van der Waals surface area contributed by atoms with Crippen LogP contribution in [0.5, 0.6) is 11.5 Å². The van der Waals surface area contributed by atoms with Crippen molar-refractivity contribution in [3.63, 3.8) is 0 Å². The first-order valence-corrected chi connectivity index (χ1v) is 25.2. The van der Waals surface area contributed by atoms with Gasteiger partial charge in [0, 0.05) is 102 Å². The van der Waals surface area contributed by atoms with Gasteiger partial charge in [0.15, 0.2) is 5.96 Å². The molecule has 0 aliphatic carbocycles. The van der Waals surface area contributed by atoms with Crippen LogP contribution in [-0.4, -0.2) is 138 Å². The first-order chi connectivity index (χ1) is 36.5. The number of carbonyl (C=O) groups is 7. The Labute approximate surface area is 439 Å². The van der Waals surface area contributed by atoms with Gasteiger partial charge in [0.25, 0.3) is 0 Å². The van der Waals surface area contributed by atoms with Crippen LogP contribution in [0.15, 0.2) is 65.7 Å². The zero-order chi connectivity index (χ0) is 55.4. The average molecular weight is 1070 g/mol. The number of amides is 8. The normalized spacial score (nSPS) is 13.7. The number of halogens is 2. The van der Waals surface area contributed by atoms with Gasteiger partial charge in [-0.15, -0.1) is 0 Å². The van der Waals surface area contributed by atoms with E-state index in [0.717, 1.165) is 11.1 Å². The van der Waals surface area contributed by atoms with Crippen molar-refractivity contribution >= 4 is 47.4 Å². The Balaban J connectivity index is 1.33. The third kappa shape index (κ3) is 22.2. The van der Waals surface area contributed by atoms with E-state index in [0.29, 0.717) is 62.5 Å². The van der Waals surface area contributed by atoms with Gasteiger partial charge >= 0.3 is 6.03 Å². The Morgan fingerprint density at radius 1 is 0.737 bits per heavy atom. The lowest BCUT2D eigenvalue weighted by Crippen LogP contribution is -2.50.